The van der Waals surface area contributed by atoms with E-state index in [1.165, 1.54) is 16.9 Å². The van der Waals surface area contributed by atoms with Crippen molar-refractivity contribution >= 4 is 17.2 Å². The van der Waals surface area contributed by atoms with Gasteiger partial charge in [-0.2, -0.15) is 0 Å². The van der Waals surface area contributed by atoms with Gasteiger partial charge in [0.05, 0.1) is 21.1 Å². The number of nitrogens with one attached hydrogen (secondary N) is 1. The molecule has 0 atom stereocenters. The summed E-state index contributed by atoms with van der Waals surface area (Å²) in [7, 11) is 4.16. The Bertz CT molecular complexity index is 927. The van der Waals surface area contributed by atoms with Crippen molar-refractivity contribution < 1.29 is 10.0 Å². The molecule has 152 valence electrons. The van der Waals surface area contributed by atoms with Gasteiger partial charge >= 0.3 is 0 Å². The lowest BCUT2D eigenvalue weighted by molar-refractivity contribution is 0.0711. The van der Waals surface area contributed by atoms with E-state index in [-0.39, 0.29) is 0 Å². The third kappa shape index (κ3) is 6.20. The molecule has 0 unspecified atom stereocenters. The Balaban J connectivity index is 1.76. The minimum absolute atomic E-state index is 0.450. The summed E-state index contributed by atoms with van der Waals surface area (Å²) in [4.78, 5) is 22.3. The van der Waals surface area contributed by atoms with E-state index in [1.807, 2.05) is 30.3 Å². The lowest BCUT2D eigenvalue weighted by Crippen LogP contribution is -2.31. The highest BCUT2D eigenvalue weighted by Crippen LogP contribution is 2.27. The molecule has 1 amide bonds. The summed E-state index contributed by atoms with van der Waals surface area (Å²) in [6, 6.07) is 20.0. The first-order valence-electron chi connectivity index (χ1n) is 9.47. The molecule has 1 aromatic carbocycles. The second kappa shape index (κ2) is 10.3. The van der Waals surface area contributed by atoms with Crippen LogP contribution in [0.25, 0.3) is 10.6 Å². The fourth-order valence-corrected chi connectivity index (χ4v) is 3.85. The van der Waals surface area contributed by atoms with Crippen molar-refractivity contribution in [2.75, 3.05) is 27.2 Å². The minimum atomic E-state index is -0.505. The molecule has 3 aromatic rings. The Morgan fingerprint density at radius 2 is 1.79 bits per heavy atom. The normalized spacial score (nSPS) is 11.2. The standard InChI is InChI=1S/C22H26N4O2S/c1-25(2)13-14-26(15-17-7-4-3-5-8-17)16-18-9-6-10-19(23-18)20-11-12-21(29-20)22(27)24-28/h3-12,28H,13-16H2,1-2H3,(H,24,27). The molecule has 0 aliphatic carbocycles. The number of hydrogen-bond donors (Lipinski definition) is 2. The molecule has 6 nitrogen and oxygen atoms in total. The molecule has 0 aliphatic heterocycles. The van der Waals surface area contributed by atoms with Crippen LogP contribution in [-0.4, -0.2) is 53.1 Å². The largest absolute Gasteiger partial charge is 0.308 e. The van der Waals surface area contributed by atoms with Crippen LogP contribution in [0.15, 0.2) is 60.7 Å². The fraction of sp³-hybridized carbons (Fsp3) is 0.273. The Hall–Kier alpha value is -2.58. The number of amides is 1. The molecule has 3 rings (SSSR count). The Morgan fingerprint density at radius 1 is 1.00 bits per heavy atom. The first kappa shape index (κ1) is 21.1. The van der Waals surface area contributed by atoms with E-state index in [4.69, 9.17) is 10.2 Å². The maximum absolute atomic E-state index is 11.6. The summed E-state index contributed by atoms with van der Waals surface area (Å²) < 4.78 is 0. The van der Waals surface area contributed by atoms with Crippen LogP contribution in [0, 0.1) is 0 Å². The average molecular weight is 411 g/mol. The lowest BCUT2D eigenvalue weighted by atomic mass is 10.2. The maximum Gasteiger partial charge on any atom is 0.284 e. The molecule has 29 heavy (non-hydrogen) atoms. The van der Waals surface area contributed by atoms with Crippen LogP contribution >= 0.6 is 11.3 Å². The van der Waals surface area contributed by atoms with Gasteiger partial charge in [-0.1, -0.05) is 36.4 Å². The third-order valence-corrected chi connectivity index (χ3v) is 5.60. The number of rotatable bonds is 9. The van der Waals surface area contributed by atoms with Crippen LogP contribution in [0.1, 0.15) is 20.9 Å². The fourth-order valence-electron chi connectivity index (χ4n) is 2.98. The Morgan fingerprint density at radius 3 is 2.52 bits per heavy atom. The van der Waals surface area contributed by atoms with Crippen molar-refractivity contribution in [3.8, 4) is 10.6 Å². The van der Waals surface area contributed by atoms with E-state index in [0.717, 1.165) is 42.4 Å². The van der Waals surface area contributed by atoms with Crippen molar-refractivity contribution in [2.45, 2.75) is 13.1 Å². The van der Waals surface area contributed by atoms with Crippen molar-refractivity contribution in [1.29, 1.82) is 0 Å². The molecule has 0 radical (unpaired) electrons. The highest BCUT2D eigenvalue weighted by molar-refractivity contribution is 7.17. The van der Waals surface area contributed by atoms with Crippen LogP contribution in [0.5, 0.6) is 0 Å². The van der Waals surface area contributed by atoms with Crippen molar-refractivity contribution in [1.82, 2.24) is 20.3 Å². The Labute approximate surface area is 175 Å². The molecule has 0 spiro atoms. The van der Waals surface area contributed by atoms with Gasteiger partial charge in [0.2, 0.25) is 0 Å². The minimum Gasteiger partial charge on any atom is -0.308 e. The van der Waals surface area contributed by atoms with Crippen molar-refractivity contribution in [3.63, 3.8) is 0 Å². The second-order valence-electron chi connectivity index (χ2n) is 7.12. The van der Waals surface area contributed by atoms with E-state index in [9.17, 15) is 4.79 Å². The SMILES string of the molecule is CN(C)CCN(Cc1ccccc1)Cc1cccc(-c2ccc(C(=O)NO)s2)n1. The number of hydroxylamine groups is 1. The summed E-state index contributed by atoms with van der Waals surface area (Å²) >= 11 is 1.31. The number of aromatic nitrogens is 1. The molecule has 0 bridgehead atoms. The number of carbonyl (C=O) groups excluding carboxylic acids is 1. The number of benzene rings is 1. The third-order valence-electron chi connectivity index (χ3n) is 4.49. The summed E-state index contributed by atoms with van der Waals surface area (Å²) in [6.45, 7) is 3.51. The zero-order valence-electron chi connectivity index (χ0n) is 16.7. The van der Waals surface area contributed by atoms with E-state index in [0.29, 0.717) is 4.88 Å². The zero-order valence-corrected chi connectivity index (χ0v) is 17.5. The van der Waals surface area contributed by atoms with E-state index in [1.54, 1.807) is 11.5 Å². The van der Waals surface area contributed by atoms with E-state index < -0.39 is 5.91 Å². The van der Waals surface area contributed by atoms with Crippen molar-refractivity contribution in [3.05, 3.63) is 76.8 Å². The van der Waals surface area contributed by atoms with E-state index in [2.05, 4.69) is 48.2 Å². The van der Waals surface area contributed by atoms with Gasteiger partial charge in [-0.25, -0.2) is 5.48 Å². The predicted octanol–water partition coefficient (Wildman–Crippen LogP) is 3.49. The highest BCUT2D eigenvalue weighted by atomic mass is 32.1. The van der Waals surface area contributed by atoms with Gasteiger partial charge in [0.25, 0.3) is 5.91 Å². The summed E-state index contributed by atoms with van der Waals surface area (Å²) in [5.41, 5.74) is 4.76. The topological polar surface area (TPSA) is 68.7 Å². The quantitative estimate of drug-likeness (QED) is 0.417. The number of carbonyl (C=O) groups is 1. The van der Waals surface area contributed by atoms with E-state index >= 15 is 0 Å². The smallest absolute Gasteiger partial charge is 0.284 e. The second-order valence-corrected chi connectivity index (χ2v) is 8.20. The zero-order chi connectivity index (χ0) is 20.6. The summed E-state index contributed by atoms with van der Waals surface area (Å²) in [6.07, 6.45) is 0. The maximum atomic E-state index is 11.6. The van der Waals surface area contributed by atoms with Crippen LogP contribution in [0.4, 0.5) is 0 Å². The molecule has 0 aliphatic rings. The summed E-state index contributed by atoms with van der Waals surface area (Å²) in [5, 5.41) is 8.80. The lowest BCUT2D eigenvalue weighted by Gasteiger charge is -2.24. The van der Waals surface area contributed by atoms with Gasteiger partial charge in [-0.05, 0) is 43.9 Å². The predicted molar refractivity (Wildman–Crippen MR) is 116 cm³/mol. The number of pyridine rings is 1. The molecule has 2 aromatic heterocycles. The first-order chi connectivity index (χ1) is 14.0. The molecule has 0 saturated heterocycles. The van der Waals surface area contributed by atoms with Crippen LogP contribution in [-0.2, 0) is 13.1 Å². The van der Waals surface area contributed by atoms with Crippen LogP contribution < -0.4 is 5.48 Å². The molecule has 2 N–H and O–H groups in total. The van der Waals surface area contributed by atoms with Gasteiger partial charge in [-0.3, -0.25) is 19.9 Å². The molecule has 2 heterocycles. The van der Waals surface area contributed by atoms with Gasteiger partial charge in [0.1, 0.15) is 0 Å². The van der Waals surface area contributed by atoms with Crippen molar-refractivity contribution in [2.24, 2.45) is 0 Å². The summed E-state index contributed by atoms with van der Waals surface area (Å²) in [5.74, 6) is -0.505. The number of hydrogen-bond acceptors (Lipinski definition) is 6. The number of nitrogens with zero attached hydrogens (tertiary/aromatic N) is 3. The molecular weight excluding hydrogens is 384 g/mol. The highest BCUT2D eigenvalue weighted by Gasteiger charge is 2.12. The molecule has 0 fully saturated rings. The first-order valence-corrected chi connectivity index (χ1v) is 10.3. The number of thiophene rings is 1. The van der Waals surface area contributed by atoms with Gasteiger partial charge in [0, 0.05) is 26.2 Å². The molecule has 7 heteroatoms. The number of likely N-dealkylation sites (N-methyl/N-ethyl adjacent to an activating group) is 1. The van der Waals surface area contributed by atoms with Gasteiger partial charge in [0.15, 0.2) is 0 Å². The Kier molecular flexibility index (Phi) is 7.48. The van der Waals surface area contributed by atoms with Crippen LogP contribution in [0.3, 0.4) is 0 Å². The monoisotopic (exact) mass is 410 g/mol. The van der Waals surface area contributed by atoms with Gasteiger partial charge < -0.3 is 4.90 Å². The molecule has 0 saturated carbocycles. The van der Waals surface area contributed by atoms with Crippen LogP contribution in [0.2, 0.25) is 0 Å². The molecular formula is C22H26N4O2S. The van der Waals surface area contributed by atoms with Gasteiger partial charge in [-0.15, -0.1) is 11.3 Å². The average Bonchev–Trinajstić information content (AvgIpc) is 3.23.